The zero-order valence-corrected chi connectivity index (χ0v) is 12.7. The lowest BCUT2D eigenvalue weighted by molar-refractivity contribution is -0.152. The zero-order chi connectivity index (χ0) is 16.3. The van der Waals surface area contributed by atoms with Crippen molar-refractivity contribution in [3.63, 3.8) is 0 Å². The van der Waals surface area contributed by atoms with Crippen molar-refractivity contribution in [3.8, 4) is 0 Å². The van der Waals surface area contributed by atoms with Crippen molar-refractivity contribution in [2.45, 2.75) is 19.9 Å². The number of Topliss-reactive ketones (excluding diaryl/α,β-unsaturated/α-hetero) is 1. The van der Waals surface area contributed by atoms with Gasteiger partial charge in [-0.15, -0.1) is 11.3 Å². The molecule has 1 aliphatic heterocycles. The lowest BCUT2D eigenvalue weighted by Gasteiger charge is -2.30. The second-order valence-electron chi connectivity index (χ2n) is 4.90. The predicted molar refractivity (Wildman–Crippen MR) is 76.0 cm³/mol. The van der Waals surface area contributed by atoms with Gasteiger partial charge in [-0.3, -0.25) is 19.2 Å². The van der Waals surface area contributed by atoms with Gasteiger partial charge < -0.3 is 15.3 Å². The molecule has 0 saturated carbocycles. The molecule has 1 fully saturated rings. The molecule has 2 heterocycles. The van der Waals surface area contributed by atoms with E-state index in [0.29, 0.717) is 0 Å². The fourth-order valence-electron chi connectivity index (χ4n) is 2.14. The molecule has 1 aliphatic rings. The number of amides is 2. The summed E-state index contributed by atoms with van der Waals surface area (Å²) < 4.78 is 0. The van der Waals surface area contributed by atoms with E-state index in [9.17, 15) is 19.2 Å². The van der Waals surface area contributed by atoms with Crippen LogP contribution in [0, 0.1) is 12.8 Å². The molecule has 0 bridgehead atoms. The molecule has 1 atom stereocenters. The number of ketones is 1. The summed E-state index contributed by atoms with van der Waals surface area (Å²) in [7, 11) is 0. The van der Waals surface area contributed by atoms with Crippen molar-refractivity contribution in [2.24, 2.45) is 5.92 Å². The molecule has 1 aromatic heterocycles. The van der Waals surface area contributed by atoms with Crippen LogP contribution in [0.25, 0.3) is 0 Å². The zero-order valence-electron chi connectivity index (χ0n) is 11.9. The number of carboxylic acids is 1. The molecule has 1 unspecified atom stereocenters. The highest BCUT2D eigenvalue weighted by molar-refractivity contribution is 7.09. The summed E-state index contributed by atoms with van der Waals surface area (Å²) in [6, 6.07) is 0. The molecule has 2 rings (SSSR count). The SMILES string of the molecule is Cc1csc(CN2CCC(=O)C(C(=O)NCC(=O)O)C2=O)n1. The fraction of sp³-hybridized carbons (Fsp3) is 0.462. The fourth-order valence-corrected chi connectivity index (χ4v) is 2.93. The van der Waals surface area contributed by atoms with Crippen molar-refractivity contribution in [2.75, 3.05) is 13.1 Å². The minimum absolute atomic E-state index is 0.0707. The number of rotatable bonds is 5. The summed E-state index contributed by atoms with van der Waals surface area (Å²) in [6.45, 7) is 1.69. The van der Waals surface area contributed by atoms with Crippen LogP contribution in [0.1, 0.15) is 17.1 Å². The van der Waals surface area contributed by atoms with Gasteiger partial charge in [0.25, 0.3) is 0 Å². The topological polar surface area (TPSA) is 117 Å². The molecular formula is C13H15N3O5S. The number of carboxylic acid groups (broad SMARTS) is 1. The number of aromatic nitrogens is 1. The average molecular weight is 325 g/mol. The van der Waals surface area contributed by atoms with Gasteiger partial charge in [-0.2, -0.15) is 0 Å². The van der Waals surface area contributed by atoms with Gasteiger partial charge in [0.1, 0.15) is 11.6 Å². The number of nitrogens with one attached hydrogen (secondary N) is 1. The van der Waals surface area contributed by atoms with Crippen LogP contribution in [0.5, 0.6) is 0 Å². The first-order chi connectivity index (χ1) is 10.4. The molecule has 118 valence electrons. The van der Waals surface area contributed by atoms with Crippen LogP contribution >= 0.6 is 11.3 Å². The Morgan fingerprint density at radius 3 is 2.82 bits per heavy atom. The van der Waals surface area contributed by atoms with Crippen molar-refractivity contribution in [1.29, 1.82) is 0 Å². The van der Waals surface area contributed by atoms with Gasteiger partial charge in [0.05, 0.1) is 6.54 Å². The first-order valence-electron chi connectivity index (χ1n) is 6.60. The average Bonchev–Trinajstić information content (AvgIpc) is 2.85. The third-order valence-electron chi connectivity index (χ3n) is 3.18. The number of hydrogen-bond acceptors (Lipinski definition) is 6. The largest absolute Gasteiger partial charge is 0.480 e. The molecule has 8 nitrogen and oxygen atoms in total. The summed E-state index contributed by atoms with van der Waals surface area (Å²) in [5, 5.41) is 13.2. The Hall–Kier alpha value is -2.29. The molecule has 0 radical (unpaired) electrons. The van der Waals surface area contributed by atoms with Crippen LogP contribution in [0.3, 0.4) is 0 Å². The summed E-state index contributed by atoms with van der Waals surface area (Å²) in [6.07, 6.45) is 0.0707. The van der Waals surface area contributed by atoms with Crippen molar-refractivity contribution in [1.82, 2.24) is 15.2 Å². The van der Waals surface area contributed by atoms with Gasteiger partial charge >= 0.3 is 5.97 Å². The van der Waals surface area contributed by atoms with Crippen molar-refractivity contribution >= 4 is 34.9 Å². The summed E-state index contributed by atoms with van der Waals surface area (Å²) in [4.78, 5) is 52.1. The van der Waals surface area contributed by atoms with Gasteiger partial charge in [-0.05, 0) is 6.92 Å². The monoisotopic (exact) mass is 325 g/mol. The van der Waals surface area contributed by atoms with Gasteiger partial charge in [0.15, 0.2) is 11.7 Å². The van der Waals surface area contributed by atoms with Crippen LogP contribution in [-0.2, 0) is 25.7 Å². The van der Waals surface area contributed by atoms with E-state index < -0.39 is 36.0 Å². The molecule has 1 aromatic rings. The van der Waals surface area contributed by atoms with E-state index in [2.05, 4.69) is 10.3 Å². The molecular weight excluding hydrogens is 310 g/mol. The minimum atomic E-state index is -1.46. The summed E-state index contributed by atoms with van der Waals surface area (Å²) in [5.74, 6) is -4.66. The Labute approximate surface area is 130 Å². The van der Waals surface area contributed by atoms with E-state index >= 15 is 0 Å². The van der Waals surface area contributed by atoms with Crippen LogP contribution in [0.4, 0.5) is 0 Å². The van der Waals surface area contributed by atoms with Crippen molar-refractivity contribution in [3.05, 3.63) is 16.1 Å². The molecule has 0 aliphatic carbocycles. The molecule has 1 saturated heterocycles. The number of aryl methyl sites for hydroxylation is 1. The Bertz CT molecular complexity index is 627. The number of aliphatic carboxylic acids is 1. The first kappa shape index (κ1) is 16.1. The van der Waals surface area contributed by atoms with E-state index in [-0.39, 0.29) is 19.5 Å². The van der Waals surface area contributed by atoms with Crippen LogP contribution in [0.2, 0.25) is 0 Å². The normalized spacial score (nSPS) is 18.4. The number of carbonyl (C=O) groups excluding carboxylic acids is 3. The van der Waals surface area contributed by atoms with E-state index in [4.69, 9.17) is 5.11 Å². The Kier molecular flexibility index (Phi) is 4.86. The standard InChI is InChI=1S/C13H15N3O5S/c1-7-6-22-9(15-7)5-16-3-2-8(17)11(13(16)21)12(20)14-4-10(18)19/h6,11H,2-5H2,1H3,(H,14,20)(H,18,19). The highest BCUT2D eigenvalue weighted by Gasteiger charge is 2.40. The maximum absolute atomic E-state index is 12.3. The van der Waals surface area contributed by atoms with Gasteiger partial charge in [-0.1, -0.05) is 0 Å². The second kappa shape index (κ2) is 6.65. The van der Waals surface area contributed by atoms with Crippen molar-refractivity contribution < 1.29 is 24.3 Å². The second-order valence-corrected chi connectivity index (χ2v) is 5.85. The number of hydrogen-bond donors (Lipinski definition) is 2. The third-order valence-corrected chi connectivity index (χ3v) is 4.13. The maximum Gasteiger partial charge on any atom is 0.322 e. The molecule has 0 spiro atoms. The van der Waals surface area contributed by atoms with Crippen LogP contribution in [0.15, 0.2) is 5.38 Å². The molecule has 2 amide bonds. The van der Waals surface area contributed by atoms with Crippen LogP contribution < -0.4 is 5.32 Å². The van der Waals surface area contributed by atoms with Gasteiger partial charge in [0.2, 0.25) is 11.8 Å². The number of likely N-dealkylation sites (tertiary alicyclic amines) is 1. The quantitative estimate of drug-likeness (QED) is 0.710. The Morgan fingerprint density at radius 2 is 2.23 bits per heavy atom. The van der Waals surface area contributed by atoms with E-state index in [1.165, 1.54) is 16.2 Å². The van der Waals surface area contributed by atoms with Gasteiger partial charge in [0, 0.05) is 24.0 Å². The number of carbonyl (C=O) groups is 4. The van der Waals surface area contributed by atoms with E-state index in [1.54, 1.807) is 0 Å². The number of thiazole rings is 1. The highest BCUT2D eigenvalue weighted by atomic mass is 32.1. The lowest BCUT2D eigenvalue weighted by atomic mass is 9.94. The number of nitrogens with zero attached hydrogens (tertiary/aromatic N) is 2. The molecule has 0 aromatic carbocycles. The predicted octanol–water partition coefficient (Wildman–Crippen LogP) is -0.430. The van der Waals surface area contributed by atoms with Crippen LogP contribution in [-0.4, -0.2) is 51.6 Å². The van der Waals surface area contributed by atoms with E-state index in [1.807, 2.05) is 12.3 Å². The first-order valence-corrected chi connectivity index (χ1v) is 7.48. The molecule has 9 heteroatoms. The summed E-state index contributed by atoms with van der Waals surface area (Å²) in [5.41, 5.74) is 0.844. The maximum atomic E-state index is 12.3. The summed E-state index contributed by atoms with van der Waals surface area (Å²) >= 11 is 1.40. The lowest BCUT2D eigenvalue weighted by Crippen LogP contribution is -2.52. The Morgan fingerprint density at radius 1 is 1.50 bits per heavy atom. The highest BCUT2D eigenvalue weighted by Crippen LogP contribution is 2.19. The minimum Gasteiger partial charge on any atom is -0.480 e. The van der Waals surface area contributed by atoms with E-state index in [0.717, 1.165) is 10.7 Å². The number of piperidine rings is 1. The Balaban J connectivity index is 2.06. The smallest absolute Gasteiger partial charge is 0.322 e. The van der Waals surface area contributed by atoms with Gasteiger partial charge in [-0.25, -0.2) is 4.98 Å². The third kappa shape index (κ3) is 3.67. The molecule has 2 N–H and O–H groups in total. The molecule has 22 heavy (non-hydrogen) atoms.